The molecule has 0 fully saturated rings. The topological polar surface area (TPSA) is 17.1 Å². The van der Waals surface area contributed by atoms with E-state index in [9.17, 15) is 4.79 Å². The lowest BCUT2D eigenvalue weighted by atomic mass is 9.99. The normalized spacial score (nSPS) is 10.7. The third kappa shape index (κ3) is 2.58. The Bertz CT molecular complexity index is 546. The van der Waals surface area contributed by atoms with Crippen LogP contribution in [-0.4, -0.2) is 5.78 Å². The van der Waals surface area contributed by atoms with Crippen molar-refractivity contribution >= 4 is 32.5 Å². The minimum Gasteiger partial charge on any atom is -0.294 e. The first-order chi connectivity index (χ1) is 8.24. The molecular formula is C15H15BrO. The van der Waals surface area contributed by atoms with Crippen molar-refractivity contribution in [3.05, 3.63) is 46.4 Å². The van der Waals surface area contributed by atoms with Crippen LogP contribution in [-0.2, 0) is 0 Å². The Kier molecular flexibility index (Phi) is 3.95. The third-order valence-electron chi connectivity index (χ3n) is 2.93. The predicted molar refractivity (Wildman–Crippen MR) is 75.5 cm³/mol. The van der Waals surface area contributed by atoms with Crippen LogP contribution in [0, 0.1) is 0 Å². The molecule has 0 saturated carbocycles. The molecule has 17 heavy (non-hydrogen) atoms. The number of ketones is 1. The summed E-state index contributed by atoms with van der Waals surface area (Å²) in [4.78, 5) is 12.1. The highest BCUT2D eigenvalue weighted by Gasteiger charge is 2.10. The Hall–Kier alpha value is -1.15. The fourth-order valence-electron chi connectivity index (χ4n) is 1.98. The smallest absolute Gasteiger partial charge is 0.163 e. The summed E-state index contributed by atoms with van der Waals surface area (Å²) < 4.78 is 1.04. The van der Waals surface area contributed by atoms with Crippen LogP contribution in [0.15, 0.2) is 40.9 Å². The summed E-state index contributed by atoms with van der Waals surface area (Å²) in [6, 6.07) is 11.9. The lowest BCUT2D eigenvalue weighted by molar-refractivity contribution is 0.0981. The first-order valence-corrected chi connectivity index (χ1v) is 6.73. The molecule has 88 valence electrons. The van der Waals surface area contributed by atoms with Gasteiger partial charge in [-0.05, 0) is 29.3 Å². The molecule has 0 saturated heterocycles. The zero-order valence-electron chi connectivity index (χ0n) is 9.87. The molecule has 0 unspecified atom stereocenters. The average Bonchev–Trinajstić information content (AvgIpc) is 2.37. The minimum atomic E-state index is 0.246. The van der Waals surface area contributed by atoms with Gasteiger partial charge in [-0.25, -0.2) is 0 Å². The Morgan fingerprint density at radius 1 is 1.12 bits per heavy atom. The van der Waals surface area contributed by atoms with Crippen molar-refractivity contribution in [3.63, 3.8) is 0 Å². The van der Waals surface area contributed by atoms with E-state index in [1.165, 1.54) is 0 Å². The first kappa shape index (κ1) is 12.3. The number of carbonyl (C=O) groups excluding carboxylic acids is 1. The van der Waals surface area contributed by atoms with Crippen LogP contribution in [0.5, 0.6) is 0 Å². The van der Waals surface area contributed by atoms with Crippen molar-refractivity contribution in [2.75, 3.05) is 0 Å². The monoisotopic (exact) mass is 290 g/mol. The van der Waals surface area contributed by atoms with E-state index in [0.717, 1.165) is 33.7 Å². The zero-order chi connectivity index (χ0) is 12.3. The van der Waals surface area contributed by atoms with Gasteiger partial charge in [0.2, 0.25) is 0 Å². The van der Waals surface area contributed by atoms with E-state index in [2.05, 4.69) is 22.9 Å². The second-order valence-corrected chi connectivity index (χ2v) is 5.02. The molecule has 1 nitrogen and oxygen atoms in total. The molecule has 0 aliphatic carbocycles. The highest BCUT2D eigenvalue weighted by Crippen LogP contribution is 2.27. The van der Waals surface area contributed by atoms with Crippen LogP contribution in [0.25, 0.3) is 10.8 Å². The van der Waals surface area contributed by atoms with Gasteiger partial charge in [-0.1, -0.05) is 53.5 Å². The average molecular weight is 291 g/mol. The van der Waals surface area contributed by atoms with Gasteiger partial charge in [0.25, 0.3) is 0 Å². The van der Waals surface area contributed by atoms with Gasteiger partial charge >= 0.3 is 0 Å². The second kappa shape index (κ2) is 5.46. The third-order valence-corrected chi connectivity index (χ3v) is 3.62. The molecule has 0 N–H and O–H groups in total. The van der Waals surface area contributed by atoms with Crippen molar-refractivity contribution in [2.45, 2.75) is 26.2 Å². The summed E-state index contributed by atoms with van der Waals surface area (Å²) in [7, 11) is 0. The summed E-state index contributed by atoms with van der Waals surface area (Å²) in [6.07, 6.45) is 2.66. The van der Waals surface area contributed by atoms with E-state index in [0.29, 0.717) is 6.42 Å². The van der Waals surface area contributed by atoms with E-state index in [-0.39, 0.29) is 5.78 Å². The molecular weight excluding hydrogens is 276 g/mol. The lowest BCUT2D eigenvalue weighted by Gasteiger charge is -2.07. The van der Waals surface area contributed by atoms with Gasteiger partial charge in [-0.2, -0.15) is 0 Å². The number of hydrogen-bond donors (Lipinski definition) is 0. The summed E-state index contributed by atoms with van der Waals surface area (Å²) in [5.74, 6) is 0.246. The van der Waals surface area contributed by atoms with Gasteiger partial charge in [0.15, 0.2) is 5.78 Å². The maximum atomic E-state index is 12.1. The Balaban J connectivity index is 2.48. The Labute approximate surface area is 110 Å². The molecule has 0 aliphatic heterocycles. The number of carbonyl (C=O) groups is 1. The van der Waals surface area contributed by atoms with Gasteiger partial charge < -0.3 is 0 Å². The summed E-state index contributed by atoms with van der Waals surface area (Å²) >= 11 is 3.52. The van der Waals surface area contributed by atoms with Crippen molar-refractivity contribution in [2.24, 2.45) is 0 Å². The molecule has 0 bridgehead atoms. The van der Waals surface area contributed by atoms with Crippen molar-refractivity contribution in [3.8, 4) is 0 Å². The second-order valence-electron chi connectivity index (χ2n) is 4.17. The van der Waals surface area contributed by atoms with E-state index in [1.54, 1.807) is 0 Å². The standard InChI is InChI=1S/C15H15BrO/c1-2-3-8-15(17)13-9-10-14(16)12-7-5-4-6-11(12)13/h4-7,9-10H,2-3,8H2,1H3. The van der Waals surface area contributed by atoms with Crippen LogP contribution in [0.4, 0.5) is 0 Å². The number of rotatable bonds is 4. The molecule has 0 aromatic heterocycles. The summed E-state index contributed by atoms with van der Waals surface area (Å²) in [5, 5.41) is 2.15. The Morgan fingerprint density at radius 2 is 1.82 bits per heavy atom. The van der Waals surface area contributed by atoms with E-state index < -0.39 is 0 Å². The van der Waals surface area contributed by atoms with Gasteiger partial charge in [-0.3, -0.25) is 4.79 Å². The number of benzene rings is 2. The van der Waals surface area contributed by atoms with Crippen LogP contribution in [0.1, 0.15) is 36.5 Å². The molecule has 2 aromatic carbocycles. The molecule has 2 heteroatoms. The molecule has 2 aromatic rings. The lowest BCUT2D eigenvalue weighted by Crippen LogP contribution is -1.99. The SMILES string of the molecule is CCCCC(=O)c1ccc(Br)c2ccccc12. The zero-order valence-corrected chi connectivity index (χ0v) is 11.5. The van der Waals surface area contributed by atoms with Crippen LogP contribution >= 0.6 is 15.9 Å². The van der Waals surface area contributed by atoms with Gasteiger partial charge in [0.05, 0.1) is 0 Å². The summed E-state index contributed by atoms with van der Waals surface area (Å²) in [6.45, 7) is 2.10. The van der Waals surface area contributed by atoms with Crippen LogP contribution in [0.3, 0.4) is 0 Å². The fourth-order valence-corrected chi connectivity index (χ4v) is 2.46. The largest absolute Gasteiger partial charge is 0.294 e. The quantitative estimate of drug-likeness (QED) is 0.726. The summed E-state index contributed by atoms with van der Waals surface area (Å²) in [5.41, 5.74) is 0.845. The van der Waals surface area contributed by atoms with E-state index >= 15 is 0 Å². The number of halogens is 1. The number of hydrogen-bond acceptors (Lipinski definition) is 1. The van der Waals surface area contributed by atoms with E-state index in [1.807, 2.05) is 36.4 Å². The fraction of sp³-hybridized carbons (Fsp3) is 0.267. The first-order valence-electron chi connectivity index (χ1n) is 5.94. The Morgan fingerprint density at radius 3 is 2.53 bits per heavy atom. The predicted octanol–water partition coefficient (Wildman–Crippen LogP) is 4.98. The van der Waals surface area contributed by atoms with Gasteiger partial charge in [0.1, 0.15) is 0 Å². The molecule has 0 radical (unpaired) electrons. The van der Waals surface area contributed by atoms with Crippen molar-refractivity contribution in [1.82, 2.24) is 0 Å². The number of Topliss-reactive ketones (excluding diaryl/α,β-unsaturated/α-hetero) is 1. The minimum absolute atomic E-state index is 0.246. The van der Waals surface area contributed by atoms with Crippen LogP contribution < -0.4 is 0 Å². The van der Waals surface area contributed by atoms with E-state index in [4.69, 9.17) is 0 Å². The highest BCUT2D eigenvalue weighted by atomic mass is 79.9. The maximum Gasteiger partial charge on any atom is 0.163 e. The van der Waals surface area contributed by atoms with Crippen molar-refractivity contribution < 1.29 is 4.79 Å². The van der Waals surface area contributed by atoms with Gasteiger partial charge in [-0.15, -0.1) is 0 Å². The maximum absolute atomic E-state index is 12.1. The van der Waals surface area contributed by atoms with Crippen LogP contribution in [0.2, 0.25) is 0 Å². The van der Waals surface area contributed by atoms with Gasteiger partial charge in [0, 0.05) is 16.5 Å². The molecule has 0 aliphatic rings. The van der Waals surface area contributed by atoms with Crippen molar-refractivity contribution in [1.29, 1.82) is 0 Å². The molecule has 0 atom stereocenters. The highest BCUT2D eigenvalue weighted by molar-refractivity contribution is 9.10. The molecule has 2 rings (SSSR count). The molecule has 0 heterocycles. The number of unbranched alkanes of at least 4 members (excludes halogenated alkanes) is 1. The molecule has 0 amide bonds. The molecule has 0 spiro atoms. The number of fused-ring (bicyclic) bond motifs is 1.